The second-order valence-electron chi connectivity index (χ2n) is 11.3. The summed E-state index contributed by atoms with van der Waals surface area (Å²) >= 11 is 0. The van der Waals surface area contributed by atoms with E-state index in [1.165, 1.54) is 44.8 Å². The molecule has 5 rings (SSSR count). The van der Waals surface area contributed by atoms with Gasteiger partial charge in [-0.15, -0.1) is 0 Å². The van der Waals surface area contributed by atoms with Crippen molar-refractivity contribution >= 4 is 11.8 Å². The molecular weight excluding hydrogens is 506 g/mol. The highest BCUT2D eigenvalue weighted by atomic mass is 16.7. The standard InChI is InChI=1S/C32H43N3O5/c1-3-18-38-32(37)33-27-9-6-8-26(19-27)31-39-29(21-35-17-7-10-28(35)20-34-15-4-5-16-34)23(2)30(40-31)25-13-11-24(22-36)12-14-25/h3,6,8-9,11-14,19,23,28-31,36H,1,4-5,7,10,15-18,20-22H2,2H3,(H,33,37)/t23-,28+,29+,30+,31+/m1/s1. The number of hydrogen-bond donors (Lipinski definition) is 2. The maximum absolute atomic E-state index is 12.1. The van der Waals surface area contributed by atoms with Gasteiger partial charge in [-0.25, -0.2) is 4.79 Å². The van der Waals surface area contributed by atoms with Crippen LogP contribution in [0.5, 0.6) is 0 Å². The molecule has 3 saturated heterocycles. The molecule has 0 saturated carbocycles. The Balaban J connectivity index is 1.35. The molecule has 0 bridgehead atoms. The Morgan fingerprint density at radius 1 is 1.07 bits per heavy atom. The molecule has 3 heterocycles. The lowest BCUT2D eigenvalue weighted by Gasteiger charge is -2.43. The molecule has 0 radical (unpaired) electrons. The van der Waals surface area contributed by atoms with Gasteiger partial charge in [0.2, 0.25) is 0 Å². The topological polar surface area (TPSA) is 83.5 Å². The first-order valence-corrected chi connectivity index (χ1v) is 14.7. The number of benzene rings is 2. The highest BCUT2D eigenvalue weighted by Gasteiger charge is 2.41. The highest BCUT2D eigenvalue weighted by molar-refractivity contribution is 5.84. The Hall–Kier alpha value is -2.75. The molecule has 2 aromatic rings. The van der Waals surface area contributed by atoms with Crippen molar-refractivity contribution in [1.82, 2.24) is 9.80 Å². The second kappa shape index (κ2) is 13.7. The van der Waals surface area contributed by atoms with Crippen molar-refractivity contribution in [2.24, 2.45) is 5.92 Å². The van der Waals surface area contributed by atoms with E-state index in [1.54, 1.807) is 0 Å². The fourth-order valence-electron chi connectivity index (χ4n) is 6.22. The van der Waals surface area contributed by atoms with Crippen molar-refractivity contribution in [2.45, 2.75) is 63.8 Å². The quantitative estimate of drug-likeness (QED) is 0.391. The number of aliphatic hydroxyl groups is 1. The molecule has 0 spiro atoms. The molecule has 3 aliphatic rings. The molecule has 2 aromatic carbocycles. The van der Waals surface area contributed by atoms with Crippen LogP contribution >= 0.6 is 0 Å². The largest absolute Gasteiger partial charge is 0.445 e. The van der Waals surface area contributed by atoms with E-state index in [2.05, 4.69) is 28.6 Å². The SMILES string of the molecule is C=CCOC(=O)Nc1cccc([C@H]2O[C@@H](CN3CCC[C@H]3CN3CCCC3)[C@@H](C)[C@@H](c3ccc(CO)cc3)O2)c1. The molecule has 3 aliphatic heterocycles. The van der Waals surface area contributed by atoms with Gasteiger partial charge in [-0.2, -0.15) is 0 Å². The summed E-state index contributed by atoms with van der Waals surface area (Å²) < 4.78 is 18.4. The van der Waals surface area contributed by atoms with Crippen LogP contribution in [0.2, 0.25) is 0 Å². The van der Waals surface area contributed by atoms with Crippen molar-refractivity contribution < 1.29 is 24.1 Å². The van der Waals surface area contributed by atoms with Crippen LogP contribution in [0.3, 0.4) is 0 Å². The maximum atomic E-state index is 12.1. The molecule has 1 amide bonds. The lowest BCUT2D eigenvalue weighted by molar-refractivity contribution is -0.276. The van der Waals surface area contributed by atoms with Gasteiger partial charge in [0.15, 0.2) is 6.29 Å². The zero-order valence-electron chi connectivity index (χ0n) is 23.5. The Kier molecular flexibility index (Phi) is 9.88. The van der Waals surface area contributed by atoms with Crippen LogP contribution in [0.1, 0.15) is 61.7 Å². The predicted octanol–water partition coefficient (Wildman–Crippen LogP) is 5.27. The number of hydrogen-bond acceptors (Lipinski definition) is 7. The van der Waals surface area contributed by atoms with Crippen molar-refractivity contribution in [3.8, 4) is 0 Å². The lowest BCUT2D eigenvalue weighted by atomic mass is 9.90. The molecule has 8 nitrogen and oxygen atoms in total. The fourth-order valence-corrected chi connectivity index (χ4v) is 6.22. The molecule has 0 aromatic heterocycles. The van der Waals surface area contributed by atoms with E-state index in [0.29, 0.717) is 11.7 Å². The third kappa shape index (κ3) is 7.11. The number of amides is 1. The van der Waals surface area contributed by atoms with Crippen molar-refractivity contribution in [3.63, 3.8) is 0 Å². The first-order valence-electron chi connectivity index (χ1n) is 14.7. The Bertz CT molecular complexity index is 1120. The number of carbonyl (C=O) groups excluding carboxylic acids is 1. The maximum Gasteiger partial charge on any atom is 0.411 e. The second-order valence-corrected chi connectivity index (χ2v) is 11.3. The van der Waals surface area contributed by atoms with E-state index in [-0.39, 0.29) is 31.3 Å². The van der Waals surface area contributed by atoms with E-state index < -0.39 is 12.4 Å². The summed E-state index contributed by atoms with van der Waals surface area (Å²) in [6.45, 7) is 11.5. The van der Waals surface area contributed by atoms with E-state index in [1.807, 2.05) is 48.5 Å². The van der Waals surface area contributed by atoms with Crippen LogP contribution in [0.25, 0.3) is 0 Å². The minimum atomic E-state index is -0.589. The number of nitrogens with one attached hydrogen (secondary N) is 1. The zero-order chi connectivity index (χ0) is 27.9. The molecular formula is C32H43N3O5. The van der Waals surface area contributed by atoms with Crippen LogP contribution in [-0.2, 0) is 20.8 Å². The van der Waals surface area contributed by atoms with E-state index in [4.69, 9.17) is 14.2 Å². The molecule has 2 N–H and O–H groups in total. The third-order valence-electron chi connectivity index (χ3n) is 8.44. The average molecular weight is 550 g/mol. The number of likely N-dealkylation sites (tertiary alicyclic amines) is 2. The molecule has 0 aliphatic carbocycles. The van der Waals surface area contributed by atoms with E-state index >= 15 is 0 Å². The Labute approximate surface area is 237 Å². The minimum absolute atomic E-state index is 0.0120. The molecule has 0 unspecified atom stereocenters. The lowest BCUT2D eigenvalue weighted by Crippen LogP contribution is -2.48. The smallest absolute Gasteiger partial charge is 0.411 e. The summed E-state index contributed by atoms with van der Waals surface area (Å²) in [5, 5.41) is 12.3. The van der Waals surface area contributed by atoms with Crippen molar-refractivity contribution in [2.75, 3.05) is 44.6 Å². The summed E-state index contributed by atoms with van der Waals surface area (Å²) in [5.41, 5.74) is 3.40. The van der Waals surface area contributed by atoms with Gasteiger partial charge in [0.1, 0.15) is 6.61 Å². The first-order chi connectivity index (χ1) is 19.5. The summed E-state index contributed by atoms with van der Waals surface area (Å²) in [4.78, 5) is 17.4. The normalized spacial score (nSPS) is 27.5. The Morgan fingerprint density at radius 2 is 1.88 bits per heavy atom. The van der Waals surface area contributed by atoms with Crippen LogP contribution in [0, 0.1) is 5.92 Å². The fraction of sp³-hybridized carbons (Fsp3) is 0.531. The number of rotatable bonds is 10. The number of anilines is 1. The number of ether oxygens (including phenoxy) is 3. The zero-order valence-corrected chi connectivity index (χ0v) is 23.5. The van der Waals surface area contributed by atoms with Crippen molar-refractivity contribution in [3.05, 3.63) is 77.9 Å². The molecule has 8 heteroatoms. The predicted molar refractivity (Wildman–Crippen MR) is 155 cm³/mol. The first kappa shape index (κ1) is 28.8. The number of aliphatic hydroxyl groups excluding tert-OH is 1. The summed E-state index contributed by atoms with van der Waals surface area (Å²) in [6, 6.07) is 16.1. The van der Waals surface area contributed by atoms with E-state index in [9.17, 15) is 9.90 Å². The monoisotopic (exact) mass is 549 g/mol. The van der Waals surface area contributed by atoms with Gasteiger partial charge in [-0.3, -0.25) is 10.2 Å². The molecule has 5 atom stereocenters. The number of nitrogens with zero attached hydrogens (tertiary/aromatic N) is 2. The average Bonchev–Trinajstić information content (AvgIpc) is 3.66. The molecule has 3 fully saturated rings. The van der Waals surface area contributed by atoms with Crippen LogP contribution in [0.15, 0.2) is 61.2 Å². The van der Waals surface area contributed by atoms with Gasteiger partial charge in [0.25, 0.3) is 0 Å². The van der Waals surface area contributed by atoms with Crippen LogP contribution < -0.4 is 5.32 Å². The minimum Gasteiger partial charge on any atom is -0.445 e. The van der Waals surface area contributed by atoms with Crippen LogP contribution in [0.4, 0.5) is 10.5 Å². The molecule has 216 valence electrons. The summed E-state index contributed by atoms with van der Waals surface area (Å²) in [6.07, 6.45) is 5.28. The molecule has 40 heavy (non-hydrogen) atoms. The summed E-state index contributed by atoms with van der Waals surface area (Å²) in [5.74, 6) is 0.124. The highest BCUT2D eigenvalue weighted by Crippen LogP contribution is 2.42. The van der Waals surface area contributed by atoms with Gasteiger partial charge < -0.3 is 24.2 Å². The van der Waals surface area contributed by atoms with Gasteiger partial charge in [0.05, 0.1) is 18.8 Å². The van der Waals surface area contributed by atoms with E-state index in [0.717, 1.165) is 36.3 Å². The van der Waals surface area contributed by atoms with Crippen LogP contribution in [-0.4, -0.2) is 72.5 Å². The van der Waals surface area contributed by atoms with Crippen molar-refractivity contribution in [1.29, 1.82) is 0 Å². The third-order valence-corrected chi connectivity index (χ3v) is 8.44. The van der Waals surface area contributed by atoms with Gasteiger partial charge in [-0.05, 0) is 68.6 Å². The van der Waals surface area contributed by atoms with Gasteiger partial charge in [0, 0.05) is 36.3 Å². The Morgan fingerprint density at radius 3 is 2.62 bits per heavy atom. The number of carbonyl (C=O) groups is 1. The summed E-state index contributed by atoms with van der Waals surface area (Å²) in [7, 11) is 0. The van der Waals surface area contributed by atoms with Gasteiger partial charge in [-0.1, -0.05) is 56.0 Å². The van der Waals surface area contributed by atoms with Gasteiger partial charge >= 0.3 is 6.09 Å².